The number of hydrogen-bond donors (Lipinski definition) is 1. The Bertz CT molecular complexity index is 439. The van der Waals surface area contributed by atoms with Crippen LogP contribution < -0.4 is 14.8 Å². The molecule has 0 fully saturated rings. The lowest BCUT2D eigenvalue weighted by Gasteiger charge is -2.04. The van der Waals surface area contributed by atoms with E-state index in [0.29, 0.717) is 11.1 Å². The monoisotopic (exact) mass is 239 g/mol. The van der Waals surface area contributed by atoms with Gasteiger partial charge in [0.15, 0.2) is 5.13 Å². The first-order chi connectivity index (χ1) is 7.81. The van der Waals surface area contributed by atoms with Crippen molar-refractivity contribution in [3.8, 4) is 12.0 Å². The lowest BCUT2D eigenvalue weighted by atomic mass is 10.8. The van der Waals surface area contributed by atoms with E-state index >= 15 is 0 Å². The minimum absolute atomic E-state index is 0.186. The molecule has 16 heavy (non-hydrogen) atoms. The number of anilines is 2. The fourth-order valence-electron chi connectivity index (χ4n) is 0.957. The van der Waals surface area contributed by atoms with Gasteiger partial charge in [0.25, 0.3) is 0 Å². The standard InChI is InChI=1S/C8H9N5O2S/c1-14-6-10-5(11-7(13-6)15-2)12-8-9-3-4-16-8/h3-4H,1-2H3,(H,9,10,11,12,13). The van der Waals surface area contributed by atoms with Crippen LogP contribution in [0.1, 0.15) is 0 Å². The van der Waals surface area contributed by atoms with Gasteiger partial charge in [-0.2, -0.15) is 9.97 Å². The Balaban J connectivity index is 2.26. The molecule has 1 N–H and O–H groups in total. The largest absolute Gasteiger partial charge is 0.467 e. The number of hydrogen-bond acceptors (Lipinski definition) is 8. The average molecular weight is 239 g/mol. The zero-order valence-corrected chi connectivity index (χ0v) is 9.48. The van der Waals surface area contributed by atoms with Gasteiger partial charge < -0.3 is 9.47 Å². The van der Waals surface area contributed by atoms with Crippen LogP contribution in [0.4, 0.5) is 11.1 Å². The molecule has 8 heteroatoms. The van der Waals surface area contributed by atoms with Gasteiger partial charge in [0.1, 0.15) is 0 Å². The molecule has 84 valence electrons. The topological polar surface area (TPSA) is 82.0 Å². The molecule has 0 radical (unpaired) electrons. The second-order valence-electron chi connectivity index (χ2n) is 2.59. The molecule has 0 amide bonds. The summed E-state index contributed by atoms with van der Waals surface area (Å²) >= 11 is 1.44. The van der Waals surface area contributed by atoms with Crippen LogP contribution in [0.2, 0.25) is 0 Å². The molecule has 7 nitrogen and oxygen atoms in total. The van der Waals surface area contributed by atoms with Crippen molar-refractivity contribution in [1.29, 1.82) is 0 Å². The van der Waals surface area contributed by atoms with Gasteiger partial charge in [-0.25, -0.2) is 4.98 Å². The zero-order valence-electron chi connectivity index (χ0n) is 8.67. The highest BCUT2D eigenvalue weighted by atomic mass is 32.1. The van der Waals surface area contributed by atoms with Crippen molar-refractivity contribution in [1.82, 2.24) is 19.9 Å². The number of methoxy groups -OCH3 is 2. The highest BCUT2D eigenvalue weighted by Gasteiger charge is 2.07. The highest BCUT2D eigenvalue weighted by molar-refractivity contribution is 7.13. The molecule has 0 aliphatic carbocycles. The number of nitrogens with zero attached hydrogens (tertiary/aromatic N) is 4. The van der Waals surface area contributed by atoms with Crippen molar-refractivity contribution in [2.45, 2.75) is 0 Å². The number of nitrogens with one attached hydrogen (secondary N) is 1. The molecule has 0 unspecified atom stereocenters. The SMILES string of the molecule is COc1nc(Nc2nccs2)nc(OC)n1. The summed E-state index contributed by atoms with van der Waals surface area (Å²) in [4.78, 5) is 15.9. The third-order valence-electron chi connectivity index (χ3n) is 1.61. The molecule has 0 atom stereocenters. The van der Waals surface area contributed by atoms with E-state index < -0.39 is 0 Å². The first kappa shape index (κ1) is 10.6. The fraction of sp³-hybridized carbons (Fsp3) is 0.250. The van der Waals surface area contributed by atoms with Crippen molar-refractivity contribution in [2.24, 2.45) is 0 Å². The number of ether oxygens (including phenoxy) is 2. The summed E-state index contributed by atoms with van der Waals surface area (Å²) < 4.78 is 9.83. The summed E-state index contributed by atoms with van der Waals surface area (Å²) in [5.41, 5.74) is 0. The van der Waals surface area contributed by atoms with E-state index in [2.05, 4.69) is 25.3 Å². The minimum Gasteiger partial charge on any atom is -0.467 e. The van der Waals surface area contributed by atoms with Crippen LogP contribution in [-0.4, -0.2) is 34.2 Å². The summed E-state index contributed by atoms with van der Waals surface area (Å²) in [6, 6.07) is 0.372. The van der Waals surface area contributed by atoms with Crippen LogP contribution in [0.3, 0.4) is 0 Å². The van der Waals surface area contributed by atoms with E-state index in [1.165, 1.54) is 25.6 Å². The van der Waals surface area contributed by atoms with Crippen molar-refractivity contribution < 1.29 is 9.47 Å². The number of aromatic nitrogens is 4. The van der Waals surface area contributed by atoms with Crippen LogP contribution in [0.15, 0.2) is 11.6 Å². The molecule has 0 spiro atoms. The van der Waals surface area contributed by atoms with E-state index in [4.69, 9.17) is 9.47 Å². The van der Waals surface area contributed by atoms with Gasteiger partial charge in [-0.15, -0.1) is 16.3 Å². The molecule has 2 rings (SSSR count). The number of rotatable bonds is 4. The zero-order chi connectivity index (χ0) is 11.4. The smallest absolute Gasteiger partial charge is 0.324 e. The van der Waals surface area contributed by atoms with Crippen molar-refractivity contribution >= 4 is 22.4 Å². The summed E-state index contributed by atoms with van der Waals surface area (Å²) in [6.45, 7) is 0. The Kier molecular flexibility index (Phi) is 3.10. The van der Waals surface area contributed by atoms with Gasteiger partial charge in [-0.3, -0.25) is 5.32 Å². The molecule has 0 bridgehead atoms. The quantitative estimate of drug-likeness (QED) is 0.855. The third kappa shape index (κ3) is 2.34. The maximum atomic E-state index is 4.92. The Morgan fingerprint density at radius 3 is 2.31 bits per heavy atom. The first-order valence-corrected chi connectivity index (χ1v) is 5.20. The molecule has 0 aliphatic rings. The van der Waals surface area contributed by atoms with E-state index in [0.717, 1.165) is 0 Å². The lowest BCUT2D eigenvalue weighted by molar-refractivity contribution is 0.341. The van der Waals surface area contributed by atoms with Crippen LogP contribution >= 0.6 is 11.3 Å². The van der Waals surface area contributed by atoms with Gasteiger partial charge in [-0.1, -0.05) is 0 Å². The highest BCUT2D eigenvalue weighted by Crippen LogP contribution is 2.18. The Hall–Kier alpha value is -1.96. The first-order valence-electron chi connectivity index (χ1n) is 4.32. The van der Waals surface area contributed by atoms with Crippen LogP contribution in [0.5, 0.6) is 12.0 Å². The predicted octanol–water partition coefficient (Wildman–Crippen LogP) is 1.09. The van der Waals surface area contributed by atoms with Crippen LogP contribution in [-0.2, 0) is 0 Å². The second kappa shape index (κ2) is 4.71. The van der Waals surface area contributed by atoms with E-state index in [1.807, 2.05) is 5.38 Å². The normalized spacial score (nSPS) is 9.88. The molecule has 0 aliphatic heterocycles. The Morgan fingerprint density at radius 1 is 1.12 bits per heavy atom. The second-order valence-corrected chi connectivity index (χ2v) is 3.49. The van der Waals surface area contributed by atoms with Crippen molar-refractivity contribution in [3.63, 3.8) is 0 Å². The predicted molar refractivity (Wildman–Crippen MR) is 58.3 cm³/mol. The summed E-state index contributed by atoms with van der Waals surface area (Å²) in [5.74, 6) is 0.332. The molecule has 2 aromatic heterocycles. The maximum Gasteiger partial charge on any atom is 0.324 e. The lowest BCUT2D eigenvalue weighted by Crippen LogP contribution is -2.03. The van der Waals surface area contributed by atoms with Crippen molar-refractivity contribution in [3.05, 3.63) is 11.6 Å². The number of thiazole rings is 1. The fourth-order valence-corrected chi connectivity index (χ4v) is 1.48. The average Bonchev–Trinajstić information content (AvgIpc) is 2.81. The van der Waals surface area contributed by atoms with Gasteiger partial charge in [0, 0.05) is 11.6 Å². The summed E-state index contributed by atoms with van der Waals surface area (Å²) in [6.07, 6.45) is 1.68. The maximum absolute atomic E-state index is 4.92. The van der Waals surface area contributed by atoms with Gasteiger partial charge in [0.2, 0.25) is 5.95 Å². The van der Waals surface area contributed by atoms with E-state index in [1.54, 1.807) is 6.20 Å². The van der Waals surface area contributed by atoms with E-state index in [9.17, 15) is 0 Å². The van der Waals surface area contributed by atoms with Gasteiger partial charge in [-0.05, 0) is 0 Å². The Morgan fingerprint density at radius 2 is 1.81 bits per heavy atom. The molecular formula is C8H9N5O2S. The minimum atomic E-state index is 0.186. The van der Waals surface area contributed by atoms with Gasteiger partial charge >= 0.3 is 12.0 Å². The molecular weight excluding hydrogens is 230 g/mol. The van der Waals surface area contributed by atoms with Crippen LogP contribution in [0, 0.1) is 0 Å². The molecule has 2 aromatic rings. The third-order valence-corrected chi connectivity index (χ3v) is 2.30. The summed E-state index contributed by atoms with van der Waals surface area (Å²) in [5, 5.41) is 5.45. The molecule has 0 saturated carbocycles. The molecule has 0 saturated heterocycles. The molecule has 2 heterocycles. The summed E-state index contributed by atoms with van der Waals surface area (Å²) in [7, 11) is 2.95. The Labute approximate surface area is 95.5 Å². The van der Waals surface area contributed by atoms with Crippen molar-refractivity contribution in [2.75, 3.05) is 19.5 Å². The molecule has 0 aromatic carbocycles. The van der Waals surface area contributed by atoms with E-state index in [-0.39, 0.29) is 12.0 Å². The van der Waals surface area contributed by atoms with Crippen LogP contribution in [0.25, 0.3) is 0 Å². The van der Waals surface area contributed by atoms with Gasteiger partial charge in [0.05, 0.1) is 14.2 Å².